The molecule has 0 spiro atoms. The van der Waals surface area contributed by atoms with Crippen molar-refractivity contribution in [1.82, 2.24) is 19.1 Å². The van der Waals surface area contributed by atoms with Crippen molar-refractivity contribution >= 4 is 18.1 Å². The van der Waals surface area contributed by atoms with Crippen LogP contribution in [0.2, 0.25) is 0 Å². The van der Waals surface area contributed by atoms with Gasteiger partial charge in [0.2, 0.25) is 5.91 Å². The van der Waals surface area contributed by atoms with Crippen LogP contribution in [0, 0.1) is 28.0 Å². The van der Waals surface area contributed by atoms with Crippen LogP contribution < -0.4 is 0 Å². The Kier molecular flexibility index (Phi) is 4.22. The number of hydrogen-bond donors (Lipinski definition) is 1. The van der Waals surface area contributed by atoms with Crippen LogP contribution in [0.25, 0.3) is 0 Å². The fraction of sp³-hybridized carbons (Fsp3) is 0.235. The minimum absolute atomic E-state index is 0.0302. The van der Waals surface area contributed by atoms with Crippen LogP contribution in [0.3, 0.4) is 0 Å². The lowest BCUT2D eigenvalue weighted by molar-refractivity contribution is 0.0912. The average Bonchev–Trinajstić information content (AvgIpc) is 3.33. The molecule has 0 amide bonds. The fourth-order valence-electron chi connectivity index (χ4n) is 3.44. The highest BCUT2D eigenvalue weighted by Gasteiger charge is 2.33. The molecule has 3 heterocycles. The van der Waals surface area contributed by atoms with Gasteiger partial charge in [-0.05, 0) is 18.6 Å². The van der Waals surface area contributed by atoms with Crippen LogP contribution in [-0.4, -0.2) is 25.0 Å². The number of halogens is 4. The number of H-pyrrole nitrogens is 1. The Labute approximate surface area is 155 Å². The van der Waals surface area contributed by atoms with Crippen molar-refractivity contribution in [1.29, 1.82) is 0 Å². The first-order valence-electron chi connectivity index (χ1n) is 8.01. The molecule has 0 aliphatic carbocycles. The van der Waals surface area contributed by atoms with E-state index in [-0.39, 0.29) is 36.1 Å². The van der Waals surface area contributed by atoms with E-state index in [1.54, 1.807) is 4.57 Å². The number of hydrogen-bond acceptors (Lipinski definition) is 3. The van der Waals surface area contributed by atoms with Crippen molar-refractivity contribution in [2.75, 3.05) is 0 Å². The zero-order chi connectivity index (χ0) is 19.3. The van der Waals surface area contributed by atoms with Crippen molar-refractivity contribution in [3.63, 3.8) is 0 Å². The number of imidazole rings is 2. The monoisotopic (exact) mass is 396 g/mol. The van der Waals surface area contributed by atoms with Crippen molar-refractivity contribution in [2.24, 2.45) is 0 Å². The molecule has 0 saturated carbocycles. The van der Waals surface area contributed by atoms with Crippen LogP contribution in [0.1, 0.15) is 27.7 Å². The van der Waals surface area contributed by atoms with Crippen LogP contribution in [0.4, 0.5) is 17.6 Å². The lowest BCUT2D eigenvalue weighted by Gasteiger charge is -2.13. The van der Waals surface area contributed by atoms with Gasteiger partial charge in [0.25, 0.3) is 0 Å². The number of aromatic amines is 1. The topological polar surface area (TPSA) is 55.6 Å². The SMILES string of the molecule is O=C(Cc1[nH]c(=S)n2c1C[C@H](c1c(F)c(F)cc(F)c1F)C2)n1ccnc1. The zero-order valence-electron chi connectivity index (χ0n) is 13.7. The summed E-state index contributed by atoms with van der Waals surface area (Å²) in [6.45, 7) is 0.0562. The summed E-state index contributed by atoms with van der Waals surface area (Å²) in [5, 5.41) is 0. The highest BCUT2D eigenvalue weighted by atomic mass is 32.1. The summed E-state index contributed by atoms with van der Waals surface area (Å²) in [5.41, 5.74) is 0.443. The molecule has 0 bridgehead atoms. The van der Waals surface area contributed by atoms with Gasteiger partial charge in [0.05, 0.1) is 6.42 Å². The van der Waals surface area contributed by atoms with Crippen molar-refractivity contribution in [3.05, 3.63) is 69.8 Å². The number of nitrogens with zero attached hydrogens (tertiary/aromatic N) is 3. The summed E-state index contributed by atoms with van der Waals surface area (Å²) in [6.07, 6.45) is 4.38. The number of nitrogens with one attached hydrogen (secondary N) is 1. The second kappa shape index (κ2) is 6.45. The lowest BCUT2D eigenvalue weighted by atomic mass is 9.94. The van der Waals surface area contributed by atoms with Gasteiger partial charge in [0, 0.05) is 47.9 Å². The molecule has 2 aromatic heterocycles. The molecular weight excluding hydrogens is 384 g/mol. The standard InChI is InChI=1S/C17H12F4N4OS/c18-9-4-10(19)16(21)14(15(9)20)8-3-12-11(23-17(27)25(12)6-8)5-13(26)24-2-1-22-7-24/h1-2,4,7-8H,3,5-6H2,(H,23,27)/t8-/m0/s1. The molecule has 3 aromatic rings. The minimum atomic E-state index is -1.44. The number of fused-ring (bicyclic) bond motifs is 1. The third-order valence-corrected chi connectivity index (χ3v) is 5.02. The maximum Gasteiger partial charge on any atom is 0.237 e. The molecule has 0 fully saturated rings. The van der Waals surface area contributed by atoms with Crippen molar-refractivity contribution < 1.29 is 22.4 Å². The molecule has 1 aliphatic rings. The second-order valence-electron chi connectivity index (χ2n) is 6.29. The number of carbonyl (C=O) groups is 1. The molecule has 0 radical (unpaired) electrons. The van der Waals surface area contributed by atoms with Crippen LogP contribution in [0.15, 0.2) is 24.8 Å². The Hall–Kier alpha value is -2.75. The average molecular weight is 396 g/mol. The third kappa shape index (κ3) is 2.89. The van der Waals surface area contributed by atoms with E-state index in [2.05, 4.69) is 9.97 Å². The Bertz CT molecular complexity index is 1080. The van der Waals surface area contributed by atoms with Gasteiger partial charge < -0.3 is 9.55 Å². The molecule has 10 heteroatoms. The second-order valence-corrected chi connectivity index (χ2v) is 6.68. The first kappa shape index (κ1) is 17.7. The fourth-order valence-corrected chi connectivity index (χ4v) is 3.75. The first-order chi connectivity index (χ1) is 12.9. The smallest absolute Gasteiger partial charge is 0.237 e. The number of aromatic nitrogens is 4. The van der Waals surface area contributed by atoms with Gasteiger partial charge >= 0.3 is 0 Å². The van der Waals surface area contributed by atoms with Crippen molar-refractivity contribution in [2.45, 2.75) is 25.3 Å². The Morgan fingerprint density at radius 1 is 1.26 bits per heavy atom. The molecule has 1 aromatic carbocycles. The van der Waals surface area contributed by atoms with Crippen LogP contribution >= 0.6 is 12.2 Å². The van der Waals surface area contributed by atoms with Gasteiger partial charge in [0.15, 0.2) is 28.0 Å². The molecule has 4 rings (SSSR count). The quantitative estimate of drug-likeness (QED) is 0.419. The van der Waals surface area contributed by atoms with E-state index in [1.807, 2.05) is 0 Å². The molecule has 0 saturated heterocycles. The summed E-state index contributed by atoms with van der Waals surface area (Å²) < 4.78 is 58.5. The maximum absolute atomic E-state index is 14.1. The molecule has 5 nitrogen and oxygen atoms in total. The van der Waals surface area contributed by atoms with Gasteiger partial charge in [-0.3, -0.25) is 9.36 Å². The van der Waals surface area contributed by atoms with E-state index < -0.39 is 34.8 Å². The molecule has 140 valence electrons. The minimum Gasteiger partial charge on any atom is -0.334 e. The van der Waals surface area contributed by atoms with Gasteiger partial charge in [-0.15, -0.1) is 0 Å². The Balaban J connectivity index is 1.67. The summed E-state index contributed by atoms with van der Waals surface area (Å²) >= 11 is 5.21. The Morgan fingerprint density at radius 3 is 2.59 bits per heavy atom. The van der Waals surface area contributed by atoms with Crippen molar-refractivity contribution in [3.8, 4) is 0 Å². The predicted molar refractivity (Wildman–Crippen MR) is 88.9 cm³/mol. The van der Waals surface area contributed by atoms with Crippen LogP contribution in [-0.2, 0) is 19.4 Å². The normalized spacial score (nSPS) is 15.9. The molecule has 27 heavy (non-hydrogen) atoms. The molecule has 1 aliphatic heterocycles. The van der Waals surface area contributed by atoms with E-state index >= 15 is 0 Å². The Morgan fingerprint density at radius 2 is 1.96 bits per heavy atom. The van der Waals surface area contributed by atoms with Gasteiger partial charge in [-0.2, -0.15) is 0 Å². The zero-order valence-corrected chi connectivity index (χ0v) is 14.5. The van der Waals surface area contributed by atoms with Gasteiger partial charge in [-0.1, -0.05) is 0 Å². The van der Waals surface area contributed by atoms with E-state index in [0.29, 0.717) is 11.4 Å². The summed E-state index contributed by atoms with van der Waals surface area (Å²) in [6, 6.07) is 0.185. The number of benzene rings is 1. The van der Waals surface area contributed by atoms with Crippen LogP contribution in [0.5, 0.6) is 0 Å². The number of carbonyl (C=O) groups excluding carboxylic acids is 1. The maximum atomic E-state index is 14.1. The van der Waals surface area contributed by atoms with E-state index in [9.17, 15) is 22.4 Å². The molecule has 1 N–H and O–H groups in total. The largest absolute Gasteiger partial charge is 0.334 e. The summed E-state index contributed by atoms with van der Waals surface area (Å²) in [7, 11) is 0. The molecular formula is C17H12F4N4OS. The summed E-state index contributed by atoms with van der Waals surface area (Å²) in [5.74, 6) is -6.80. The summed E-state index contributed by atoms with van der Waals surface area (Å²) in [4.78, 5) is 19.0. The van der Waals surface area contributed by atoms with E-state index in [1.165, 1.54) is 23.3 Å². The molecule has 0 unspecified atom stereocenters. The number of rotatable bonds is 3. The molecule has 1 atom stereocenters. The highest BCUT2D eigenvalue weighted by Crippen LogP contribution is 2.36. The first-order valence-corrected chi connectivity index (χ1v) is 8.42. The third-order valence-electron chi connectivity index (χ3n) is 4.69. The van der Waals surface area contributed by atoms with Gasteiger partial charge in [-0.25, -0.2) is 22.5 Å². The highest BCUT2D eigenvalue weighted by molar-refractivity contribution is 7.71. The van der Waals surface area contributed by atoms with E-state index in [4.69, 9.17) is 12.2 Å². The van der Waals surface area contributed by atoms with E-state index in [0.717, 1.165) is 0 Å². The predicted octanol–water partition coefficient (Wildman–Crippen LogP) is 3.52. The van der Waals surface area contributed by atoms with Gasteiger partial charge in [0.1, 0.15) is 6.33 Å². The lowest BCUT2D eigenvalue weighted by Crippen LogP contribution is -2.13.